The van der Waals surface area contributed by atoms with E-state index in [9.17, 15) is 22.4 Å². The maximum absolute atomic E-state index is 13.7. The summed E-state index contributed by atoms with van der Waals surface area (Å²) in [5.74, 6) is -2.16. The van der Waals surface area contributed by atoms with Gasteiger partial charge in [0.05, 0.1) is 16.1 Å². The fourth-order valence-electron chi connectivity index (χ4n) is 2.18. The Hall–Kier alpha value is -2.30. The van der Waals surface area contributed by atoms with Gasteiger partial charge in [0.2, 0.25) is 10.0 Å². The van der Waals surface area contributed by atoms with E-state index in [-0.39, 0.29) is 22.2 Å². The number of carbonyl (C=O) groups excluding carboxylic acids is 2. The van der Waals surface area contributed by atoms with Crippen LogP contribution in [0.2, 0.25) is 0 Å². The molecular weight excluding hydrogens is 467 g/mol. The molecule has 0 aromatic heterocycles. The third-order valence-electron chi connectivity index (χ3n) is 3.91. The Morgan fingerprint density at radius 1 is 1.17 bits per heavy atom. The van der Waals surface area contributed by atoms with E-state index in [2.05, 4.69) is 26.0 Å². The van der Waals surface area contributed by atoms with Crippen LogP contribution in [0, 0.1) is 5.82 Å². The zero-order valence-corrected chi connectivity index (χ0v) is 18.1. The largest absolute Gasteiger partial charge is 0.452 e. The summed E-state index contributed by atoms with van der Waals surface area (Å²) in [6.45, 7) is 2.98. The van der Waals surface area contributed by atoms with Gasteiger partial charge in [-0.05, 0) is 55.8 Å². The van der Waals surface area contributed by atoms with Crippen LogP contribution in [0.3, 0.4) is 0 Å². The van der Waals surface area contributed by atoms with Gasteiger partial charge in [-0.1, -0.05) is 22.9 Å². The lowest BCUT2D eigenvalue weighted by Crippen LogP contribution is -2.32. The van der Waals surface area contributed by atoms with Gasteiger partial charge in [-0.3, -0.25) is 4.79 Å². The van der Waals surface area contributed by atoms with E-state index in [1.54, 1.807) is 13.0 Å². The molecular formula is C19H20BrFN2O5S. The molecule has 1 unspecified atom stereocenters. The second-order valence-electron chi connectivity index (χ2n) is 6.20. The van der Waals surface area contributed by atoms with Gasteiger partial charge in [0.25, 0.3) is 5.91 Å². The Morgan fingerprint density at radius 2 is 1.83 bits per heavy atom. The van der Waals surface area contributed by atoms with Crippen molar-refractivity contribution in [2.75, 3.05) is 11.9 Å². The summed E-state index contributed by atoms with van der Waals surface area (Å²) in [6.07, 6.45) is 0.635. The number of amides is 1. The van der Waals surface area contributed by atoms with Gasteiger partial charge in [-0.2, -0.15) is 0 Å². The molecule has 2 rings (SSSR count). The summed E-state index contributed by atoms with van der Waals surface area (Å²) in [5.41, 5.74) is 0.0349. The van der Waals surface area contributed by atoms with Crippen molar-refractivity contribution >= 4 is 43.5 Å². The minimum Gasteiger partial charge on any atom is -0.452 e. The Balaban J connectivity index is 1.94. The molecule has 0 radical (unpaired) electrons. The summed E-state index contributed by atoms with van der Waals surface area (Å²) in [5, 5.41) is 2.30. The van der Waals surface area contributed by atoms with Gasteiger partial charge < -0.3 is 10.1 Å². The first kappa shape index (κ1) is 23.0. The molecule has 0 bridgehead atoms. The summed E-state index contributed by atoms with van der Waals surface area (Å²) in [4.78, 5) is 23.9. The number of hydrogen-bond donors (Lipinski definition) is 2. The molecule has 2 aromatic rings. The maximum Gasteiger partial charge on any atom is 0.338 e. The first-order valence-electron chi connectivity index (χ1n) is 8.66. The zero-order chi connectivity index (χ0) is 21.6. The van der Waals surface area contributed by atoms with Crippen molar-refractivity contribution in [2.45, 2.75) is 31.2 Å². The van der Waals surface area contributed by atoms with Gasteiger partial charge in [-0.25, -0.2) is 22.3 Å². The van der Waals surface area contributed by atoms with E-state index in [1.165, 1.54) is 36.4 Å². The van der Waals surface area contributed by atoms with E-state index < -0.39 is 34.3 Å². The first-order valence-corrected chi connectivity index (χ1v) is 10.9. The summed E-state index contributed by atoms with van der Waals surface area (Å²) < 4.78 is 46.0. The number of sulfonamides is 1. The molecule has 1 atom stereocenters. The van der Waals surface area contributed by atoms with Crippen LogP contribution in [-0.2, 0) is 19.6 Å². The molecule has 0 heterocycles. The highest BCUT2D eigenvalue weighted by molar-refractivity contribution is 9.10. The molecule has 0 aliphatic heterocycles. The molecule has 10 heteroatoms. The molecule has 0 aliphatic carbocycles. The second-order valence-corrected chi connectivity index (χ2v) is 8.83. The SMILES string of the molecule is CCC(C)NS(=O)(=O)c1ccc(C(=O)OCC(=O)Nc2ccc(Br)cc2F)cc1. The topological polar surface area (TPSA) is 102 Å². The van der Waals surface area contributed by atoms with Crippen molar-refractivity contribution in [3.05, 3.63) is 58.3 Å². The number of ether oxygens (including phenoxy) is 1. The number of hydrogen-bond acceptors (Lipinski definition) is 5. The standard InChI is InChI=1S/C19H20BrFN2O5S/c1-3-12(2)23-29(26,27)15-7-4-13(5-8-15)19(25)28-11-18(24)22-17-9-6-14(20)10-16(17)21/h4-10,12,23H,3,11H2,1-2H3,(H,22,24). The van der Waals surface area contributed by atoms with Crippen LogP contribution in [0.15, 0.2) is 51.8 Å². The van der Waals surface area contributed by atoms with Crippen LogP contribution >= 0.6 is 15.9 Å². The van der Waals surface area contributed by atoms with Gasteiger partial charge in [0.1, 0.15) is 5.82 Å². The zero-order valence-electron chi connectivity index (χ0n) is 15.7. The second kappa shape index (κ2) is 9.95. The lowest BCUT2D eigenvalue weighted by molar-refractivity contribution is -0.119. The Bertz CT molecular complexity index is 996. The smallest absolute Gasteiger partial charge is 0.338 e. The van der Waals surface area contributed by atoms with Crippen molar-refractivity contribution in [1.29, 1.82) is 0 Å². The van der Waals surface area contributed by atoms with Crippen molar-refractivity contribution < 1.29 is 27.1 Å². The normalized spacial score (nSPS) is 12.3. The number of anilines is 1. The van der Waals surface area contributed by atoms with Gasteiger partial charge in [0.15, 0.2) is 6.61 Å². The average molecular weight is 487 g/mol. The van der Waals surface area contributed by atoms with Crippen LogP contribution in [0.5, 0.6) is 0 Å². The molecule has 0 fully saturated rings. The molecule has 0 saturated heterocycles. The number of benzene rings is 2. The van der Waals surface area contributed by atoms with Crippen molar-refractivity contribution in [3.8, 4) is 0 Å². The molecule has 7 nitrogen and oxygen atoms in total. The number of carbonyl (C=O) groups is 2. The predicted octanol–water partition coefficient (Wildman–Crippen LogP) is 3.46. The highest BCUT2D eigenvalue weighted by Gasteiger charge is 2.18. The van der Waals surface area contributed by atoms with Crippen molar-refractivity contribution in [2.24, 2.45) is 0 Å². The quantitative estimate of drug-likeness (QED) is 0.556. The Kier molecular flexibility index (Phi) is 7.88. The third-order valence-corrected chi connectivity index (χ3v) is 6.01. The van der Waals surface area contributed by atoms with Gasteiger partial charge in [0, 0.05) is 10.5 Å². The van der Waals surface area contributed by atoms with Crippen molar-refractivity contribution in [1.82, 2.24) is 4.72 Å². The number of esters is 1. The molecule has 1 amide bonds. The number of halogens is 2. The molecule has 0 aliphatic rings. The van der Waals surface area contributed by atoms with Crippen LogP contribution in [0.1, 0.15) is 30.6 Å². The minimum atomic E-state index is -3.69. The molecule has 2 N–H and O–H groups in total. The van der Waals surface area contributed by atoms with Crippen molar-refractivity contribution in [3.63, 3.8) is 0 Å². The first-order chi connectivity index (χ1) is 13.6. The van der Waals surface area contributed by atoms with Gasteiger partial charge in [-0.15, -0.1) is 0 Å². The summed E-state index contributed by atoms with van der Waals surface area (Å²) in [7, 11) is -3.69. The molecule has 2 aromatic carbocycles. The molecule has 29 heavy (non-hydrogen) atoms. The minimum absolute atomic E-state index is 0.0119. The fraction of sp³-hybridized carbons (Fsp3) is 0.263. The monoisotopic (exact) mass is 486 g/mol. The predicted molar refractivity (Wildman–Crippen MR) is 110 cm³/mol. The number of rotatable bonds is 8. The Morgan fingerprint density at radius 3 is 2.41 bits per heavy atom. The summed E-state index contributed by atoms with van der Waals surface area (Å²) >= 11 is 3.11. The Labute approximate surface area is 176 Å². The van der Waals surface area contributed by atoms with Crippen LogP contribution in [-0.4, -0.2) is 32.9 Å². The van der Waals surface area contributed by atoms with Crippen LogP contribution in [0.4, 0.5) is 10.1 Å². The van der Waals surface area contributed by atoms with E-state index >= 15 is 0 Å². The molecule has 0 saturated carbocycles. The lowest BCUT2D eigenvalue weighted by atomic mass is 10.2. The van der Waals surface area contributed by atoms with Crippen LogP contribution in [0.25, 0.3) is 0 Å². The van der Waals surface area contributed by atoms with E-state index in [0.29, 0.717) is 10.9 Å². The van der Waals surface area contributed by atoms with Gasteiger partial charge >= 0.3 is 5.97 Å². The van der Waals surface area contributed by atoms with E-state index in [4.69, 9.17) is 4.74 Å². The highest BCUT2D eigenvalue weighted by atomic mass is 79.9. The lowest BCUT2D eigenvalue weighted by Gasteiger charge is -2.12. The third kappa shape index (κ3) is 6.62. The summed E-state index contributed by atoms with van der Waals surface area (Å²) in [6, 6.07) is 9.02. The average Bonchev–Trinajstić information content (AvgIpc) is 2.68. The van der Waals surface area contributed by atoms with E-state index in [1.807, 2.05) is 6.92 Å². The van der Waals surface area contributed by atoms with Crippen LogP contribution < -0.4 is 10.0 Å². The molecule has 0 spiro atoms. The van der Waals surface area contributed by atoms with E-state index in [0.717, 1.165) is 0 Å². The number of nitrogens with one attached hydrogen (secondary N) is 2. The maximum atomic E-state index is 13.7. The molecule has 156 valence electrons. The highest BCUT2D eigenvalue weighted by Crippen LogP contribution is 2.19. The fourth-order valence-corrected chi connectivity index (χ4v) is 3.84.